The molecule has 0 saturated carbocycles. The molecule has 0 saturated heterocycles. The summed E-state index contributed by atoms with van der Waals surface area (Å²) in [5, 5.41) is 0. The van der Waals surface area contributed by atoms with Gasteiger partial charge in [0.05, 0.1) is 31.1 Å². The van der Waals surface area contributed by atoms with Gasteiger partial charge in [0.2, 0.25) is 0 Å². The molecule has 2 aromatic rings. The highest BCUT2D eigenvalue weighted by Gasteiger charge is 2.24. The highest BCUT2D eigenvalue weighted by Crippen LogP contribution is 2.23. The van der Waals surface area contributed by atoms with Crippen LogP contribution in [0, 0.1) is 6.92 Å². The lowest BCUT2D eigenvalue weighted by molar-refractivity contribution is 0.0990. The third-order valence-electron chi connectivity index (χ3n) is 4.13. The molecule has 1 aliphatic heterocycles. The number of hydrogen-bond donors (Lipinski definition) is 0. The molecule has 0 spiro atoms. The summed E-state index contributed by atoms with van der Waals surface area (Å²) >= 11 is 0. The summed E-state index contributed by atoms with van der Waals surface area (Å²) in [6.45, 7) is 7.46. The summed E-state index contributed by atoms with van der Waals surface area (Å²) in [6, 6.07) is 2.48. The molecule has 112 valence electrons. The molecule has 1 atom stereocenters. The van der Waals surface area contributed by atoms with Crippen molar-refractivity contribution in [2.75, 3.05) is 13.6 Å². The fraction of sp³-hybridized carbons (Fsp3) is 0.500. The van der Waals surface area contributed by atoms with Gasteiger partial charge in [-0.1, -0.05) is 6.07 Å². The maximum atomic E-state index is 5.83. The molecule has 21 heavy (non-hydrogen) atoms. The number of rotatable bonds is 4. The van der Waals surface area contributed by atoms with E-state index in [4.69, 9.17) is 4.74 Å². The van der Waals surface area contributed by atoms with Gasteiger partial charge in [-0.2, -0.15) is 0 Å². The summed E-state index contributed by atoms with van der Waals surface area (Å²) in [4.78, 5) is 11.1. The molecular formula is C16H22N4O. The van der Waals surface area contributed by atoms with E-state index in [1.807, 2.05) is 25.5 Å². The van der Waals surface area contributed by atoms with Crippen LogP contribution in [0.15, 0.2) is 24.7 Å². The van der Waals surface area contributed by atoms with Gasteiger partial charge >= 0.3 is 0 Å². The van der Waals surface area contributed by atoms with Crippen LogP contribution in [-0.4, -0.2) is 33.0 Å². The van der Waals surface area contributed by atoms with Crippen LogP contribution < -0.4 is 0 Å². The van der Waals surface area contributed by atoms with Gasteiger partial charge in [-0.25, -0.2) is 4.98 Å². The zero-order valence-corrected chi connectivity index (χ0v) is 12.9. The smallest absolute Gasteiger partial charge is 0.126 e. The van der Waals surface area contributed by atoms with Gasteiger partial charge in [0.1, 0.15) is 5.82 Å². The molecule has 3 rings (SSSR count). The van der Waals surface area contributed by atoms with Gasteiger partial charge in [0.25, 0.3) is 0 Å². The lowest BCUT2D eigenvalue weighted by Crippen LogP contribution is -2.34. The van der Waals surface area contributed by atoms with E-state index in [2.05, 4.69) is 39.5 Å². The average molecular weight is 286 g/mol. The predicted octanol–water partition coefficient (Wildman–Crippen LogP) is 2.31. The number of likely N-dealkylation sites (N-methyl/N-ethyl adjacent to an activating group) is 1. The zero-order chi connectivity index (χ0) is 14.8. The first-order valence-corrected chi connectivity index (χ1v) is 7.38. The molecule has 0 aromatic carbocycles. The van der Waals surface area contributed by atoms with Crippen molar-refractivity contribution in [3.05, 3.63) is 47.3 Å². The van der Waals surface area contributed by atoms with Crippen LogP contribution in [0.25, 0.3) is 0 Å². The van der Waals surface area contributed by atoms with Crippen molar-refractivity contribution >= 4 is 0 Å². The van der Waals surface area contributed by atoms with Crippen molar-refractivity contribution < 1.29 is 4.74 Å². The predicted molar refractivity (Wildman–Crippen MR) is 80.7 cm³/mol. The van der Waals surface area contributed by atoms with Crippen LogP contribution in [-0.2, 0) is 24.5 Å². The molecule has 0 aliphatic carbocycles. The molecule has 0 fully saturated rings. The van der Waals surface area contributed by atoms with Crippen molar-refractivity contribution in [2.24, 2.45) is 0 Å². The van der Waals surface area contributed by atoms with Crippen molar-refractivity contribution in [2.45, 2.75) is 39.6 Å². The topological polar surface area (TPSA) is 43.2 Å². The number of fused-ring (bicyclic) bond motifs is 1. The van der Waals surface area contributed by atoms with E-state index in [9.17, 15) is 0 Å². The first kappa shape index (κ1) is 14.2. The first-order valence-electron chi connectivity index (χ1n) is 7.38. The second-order valence-corrected chi connectivity index (χ2v) is 5.78. The molecule has 1 aliphatic rings. The van der Waals surface area contributed by atoms with Crippen LogP contribution in [0.5, 0.6) is 0 Å². The molecule has 0 N–H and O–H groups in total. The number of imidazole rings is 1. The molecule has 0 amide bonds. The second-order valence-electron chi connectivity index (χ2n) is 5.78. The Morgan fingerprint density at radius 1 is 1.24 bits per heavy atom. The Bertz CT molecular complexity index is 622. The third-order valence-corrected chi connectivity index (χ3v) is 4.13. The Balaban J connectivity index is 1.63. The van der Waals surface area contributed by atoms with Gasteiger partial charge in [0.15, 0.2) is 0 Å². The minimum Gasteiger partial charge on any atom is -0.370 e. The lowest BCUT2D eigenvalue weighted by Gasteiger charge is -2.31. The van der Waals surface area contributed by atoms with Crippen LogP contribution in [0.3, 0.4) is 0 Å². The third kappa shape index (κ3) is 2.99. The molecule has 0 unspecified atom stereocenters. The van der Waals surface area contributed by atoms with E-state index in [1.54, 1.807) is 0 Å². The van der Waals surface area contributed by atoms with E-state index in [-0.39, 0.29) is 0 Å². The molecule has 0 bridgehead atoms. The average Bonchev–Trinajstić information content (AvgIpc) is 2.87. The highest BCUT2D eigenvalue weighted by molar-refractivity contribution is 5.16. The number of hydrogen-bond acceptors (Lipinski definition) is 4. The normalized spacial score (nSPS) is 18.7. The summed E-state index contributed by atoms with van der Waals surface area (Å²) in [6.07, 6.45) is 5.66. The Morgan fingerprint density at radius 2 is 2.10 bits per heavy atom. The summed E-state index contributed by atoms with van der Waals surface area (Å²) in [5.41, 5.74) is 3.43. The Labute approximate surface area is 125 Å². The van der Waals surface area contributed by atoms with Gasteiger partial charge < -0.3 is 9.30 Å². The van der Waals surface area contributed by atoms with E-state index in [0.717, 1.165) is 35.7 Å². The van der Waals surface area contributed by atoms with E-state index >= 15 is 0 Å². The monoisotopic (exact) mass is 286 g/mol. The molecule has 2 aromatic heterocycles. The Kier molecular flexibility index (Phi) is 4.03. The van der Waals surface area contributed by atoms with Crippen molar-refractivity contribution in [1.29, 1.82) is 0 Å². The van der Waals surface area contributed by atoms with Crippen LogP contribution in [0.1, 0.15) is 35.6 Å². The van der Waals surface area contributed by atoms with E-state index in [1.165, 1.54) is 0 Å². The van der Waals surface area contributed by atoms with E-state index in [0.29, 0.717) is 19.3 Å². The Hall–Kier alpha value is -1.72. The van der Waals surface area contributed by atoms with E-state index < -0.39 is 0 Å². The minimum absolute atomic E-state index is 0.369. The summed E-state index contributed by atoms with van der Waals surface area (Å²) in [5.74, 6) is 1.14. The fourth-order valence-electron chi connectivity index (χ4n) is 2.75. The second kappa shape index (κ2) is 5.95. The first-order chi connectivity index (χ1) is 10.1. The standard InChI is InChI=1S/C16H22N4O/c1-12-6-14(8-17-7-12)10-21-11-15-9-18-16-13(2)19(3)4-5-20(15)16/h6-9,13H,4-5,10-11H2,1-3H3/t13-/m1/s1. The molecule has 0 radical (unpaired) electrons. The summed E-state index contributed by atoms with van der Waals surface area (Å²) in [7, 11) is 2.14. The maximum absolute atomic E-state index is 5.83. The van der Waals surface area contributed by atoms with Gasteiger partial charge in [-0.15, -0.1) is 0 Å². The molecule has 3 heterocycles. The quantitative estimate of drug-likeness (QED) is 0.865. The molecule has 5 nitrogen and oxygen atoms in total. The minimum atomic E-state index is 0.369. The number of aromatic nitrogens is 3. The summed E-state index contributed by atoms with van der Waals surface area (Å²) < 4.78 is 8.12. The van der Waals surface area contributed by atoms with Gasteiger partial charge in [-0.3, -0.25) is 9.88 Å². The molecule has 5 heteroatoms. The number of nitrogens with zero attached hydrogens (tertiary/aromatic N) is 4. The number of pyridine rings is 1. The number of ether oxygens (including phenoxy) is 1. The van der Waals surface area contributed by atoms with Crippen LogP contribution in [0.2, 0.25) is 0 Å². The van der Waals surface area contributed by atoms with Crippen LogP contribution in [0.4, 0.5) is 0 Å². The number of aryl methyl sites for hydroxylation is 1. The fourth-order valence-corrected chi connectivity index (χ4v) is 2.75. The van der Waals surface area contributed by atoms with Gasteiger partial charge in [0, 0.05) is 25.5 Å². The zero-order valence-electron chi connectivity index (χ0n) is 12.9. The maximum Gasteiger partial charge on any atom is 0.126 e. The lowest BCUT2D eigenvalue weighted by atomic mass is 10.2. The van der Waals surface area contributed by atoms with Crippen molar-refractivity contribution in [1.82, 2.24) is 19.4 Å². The SMILES string of the molecule is Cc1cncc(COCc2cnc3n2CCN(C)[C@@H]3C)c1. The van der Waals surface area contributed by atoms with Gasteiger partial charge in [-0.05, 0) is 32.0 Å². The highest BCUT2D eigenvalue weighted by atomic mass is 16.5. The largest absolute Gasteiger partial charge is 0.370 e. The van der Waals surface area contributed by atoms with Crippen molar-refractivity contribution in [3.8, 4) is 0 Å². The molecular weight excluding hydrogens is 264 g/mol. The Morgan fingerprint density at radius 3 is 2.90 bits per heavy atom. The van der Waals surface area contributed by atoms with Crippen LogP contribution >= 0.6 is 0 Å². The van der Waals surface area contributed by atoms with Crippen molar-refractivity contribution in [3.63, 3.8) is 0 Å².